The molecule has 0 radical (unpaired) electrons. The number of halogens is 2. The van der Waals surface area contributed by atoms with Crippen LogP contribution in [-0.4, -0.2) is 46.5 Å². The van der Waals surface area contributed by atoms with Gasteiger partial charge in [-0.1, -0.05) is 0 Å². The van der Waals surface area contributed by atoms with Gasteiger partial charge in [-0.25, -0.2) is 13.8 Å². The van der Waals surface area contributed by atoms with Gasteiger partial charge in [-0.2, -0.15) is 0 Å². The molecule has 9 heteroatoms. The van der Waals surface area contributed by atoms with Crippen molar-refractivity contribution < 1.29 is 23.1 Å². The highest BCUT2D eigenvalue weighted by molar-refractivity contribution is 5.99. The molecule has 0 bridgehead atoms. The Hall–Kier alpha value is -4.53. The molecule has 1 aliphatic carbocycles. The molecular formula is C29H26F2N4O3. The molecule has 0 aliphatic heterocycles. The molecule has 0 spiro atoms. The molecular weight excluding hydrogens is 490 g/mol. The van der Waals surface area contributed by atoms with E-state index in [1.807, 2.05) is 12.1 Å². The minimum Gasteiger partial charge on any atom is -0.497 e. The zero-order valence-electron chi connectivity index (χ0n) is 20.7. The molecule has 1 saturated carbocycles. The fourth-order valence-electron chi connectivity index (χ4n) is 4.11. The average Bonchev–Trinajstić information content (AvgIpc) is 3.66. The van der Waals surface area contributed by atoms with Crippen molar-refractivity contribution in [1.29, 1.82) is 0 Å². The Morgan fingerprint density at radius 1 is 0.974 bits per heavy atom. The van der Waals surface area contributed by atoms with E-state index >= 15 is 0 Å². The molecule has 38 heavy (non-hydrogen) atoms. The highest BCUT2D eigenvalue weighted by atomic mass is 19.1. The first-order valence-electron chi connectivity index (χ1n) is 12.2. The number of aromatic nitrogens is 2. The van der Waals surface area contributed by atoms with E-state index in [1.54, 1.807) is 42.1 Å². The molecule has 3 aromatic carbocycles. The Morgan fingerprint density at radius 3 is 2.21 bits per heavy atom. The summed E-state index contributed by atoms with van der Waals surface area (Å²) in [6, 6.07) is 18.4. The van der Waals surface area contributed by atoms with Gasteiger partial charge in [-0.05, 0) is 91.6 Å². The number of anilines is 1. The molecule has 0 unspecified atom stereocenters. The number of nitrogens with one attached hydrogen (secondary N) is 1. The van der Waals surface area contributed by atoms with E-state index in [9.17, 15) is 18.4 Å². The number of carbonyl (C=O) groups excluding carboxylic acids is 2. The summed E-state index contributed by atoms with van der Waals surface area (Å²) >= 11 is 0. The lowest BCUT2D eigenvalue weighted by atomic mass is 10.1. The summed E-state index contributed by atoms with van der Waals surface area (Å²) in [6.07, 6.45) is 3.74. The number of imidazole rings is 1. The van der Waals surface area contributed by atoms with Crippen LogP contribution in [0.1, 0.15) is 23.2 Å². The largest absolute Gasteiger partial charge is 0.497 e. The maximum absolute atomic E-state index is 13.6. The summed E-state index contributed by atoms with van der Waals surface area (Å²) < 4.78 is 33.8. The zero-order chi connectivity index (χ0) is 26.6. The Morgan fingerprint density at radius 2 is 1.61 bits per heavy atom. The number of hydrogen-bond donors (Lipinski definition) is 1. The highest BCUT2D eigenvalue weighted by Gasteiger charge is 2.29. The first-order valence-corrected chi connectivity index (χ1v) is 12.2. The summed E-state index contributed by atoms with van der Waals surface area (Å²) in [5.41, 5.74) is 2.30. The predicted octanol–water partition coefficient (Wildman–Crippen LogP) is 5.32. The summed E-state index contributed by atoms with van der Waals surface area (Å²) in [4.78, 5) is 32.4. The minimum absolute atomic E-state index is 0.194. The van der Waals surface area contributed by atoms with E-state index in [2.05, 4.69) is 10.3 Å². The number of nitrogens with zero attached hydrogens (tertiary/aromatic N) is 3. The third-order valence-corrected chi connectivity index (χ3v) is 6.34. The van der Waals surface area contributed by atoms with Gasteiger partial charge >= 0.3 is 0 Å². The van der Waals surface area contributed by atoms with Crippen LogP contribution >= 0.6 is 0 Å². The number of hydrogen-bond acceptors (Lipinski definition) is 4. The van der Waals surface area contributed by atoms with Gasteiger partial charge in [-0.3, -0.25) is 19.5 Å². The lowest BCUT2D eigenvalue weighted by Crippen LogP contribution is -2.39. The van der Waals surface area contributed by atoms with Crippen LogP contribution in [0.15, 0.2) is 79.0 Å². The van der Waals surface area contributed by atoms with Crippen LogP contribution in [0.4, 0.5) is 14.7 Å². The molecule has 1 aromatic heterocycles. The summed E-state index contributed by atoms with van der Waals surface area (Å²) in [5.74, 6) is -0.327. The summed E-state index contributed by atoms with van der Waals surface area (Å²) in [7, 11) is 1.58. The molecule has 7 nitrogen and oxygen atoms in total. The molecule has 2 amide bonds. The van der Waals surface area contributed by atoms with Crippen molar-refractivity contribution in [2.75, 3.05) is 25.5 Å². The maximum Gasteiger partial charge on any atom is 0.254 e. The van der Waals surface area contributed by atoms with Crippen LogP contribution in [-0.2, 0) is 4.79 Å². The molecule has 194 valence electrons. The Labute approximate surface area is 218 Å². The monoisotopic (exact) mass is 516 g/mol. The second-order valence-corrected chi connectivity index (χ2v) is 9.21. The third-order valence-electron chi connectivity index (χ3n) is 6.34. The van der Waals surface area contributed by atoms with Gasteiger partial charge in [0.15, 0.2) is 0 Å². The molecule has 5 rings (SSSR count). The fraction of sp³-hybridized carbons (Fsp3) is 0.207. The Bertz CT molecular complexity index is 1430. The van der Waals surface area contributed by atoms with Crippen molar-refractivity contribution in [1.82, 2.24) is 14.5 Å². The fourth-order valence-corrected chi connectivity index (χ4v) is 4.11. The molecule has 1 N–H and O–H groups in total. The van der Waals surface area contributed by atoms with Crippen molar-refractivity contribution in [3.63, 3.8) is 0 Å². The summed E-state index contributed by atoms with van der Waals surface area (Å²) in [5, 5.41) is 2.82. The van der Waals surface area contributed by atoms with E-state index < -0.39 is 11.7 Å². The topological polar surface area (TPSA) is 76.5 Å². The molecule has 1 heterocycles. The van der Waals surface area contributed by atoms with Gasteiger partial charge in [0.1, 0.15) is 23.9 Å². The highest BCUT2D eigenvalue weighted by Crippen LogP contribution is 2.30. The first kappa shape index (κ1) is 25.1. The number of ether oxygens (including phenoxy) is 1. The van der Waals surface area contributed by atoms with Crippen molar-refractivity contribution in [2.24, 2.45) is 5.92 Å². The van der Waals surface area contributed by atoms with Crippen LogP contribution in [0.25, 0.3) is 16.9 Å². The van der Waals surface area contributed by atoms with E-state index in [0.717, 1.165) is 18.4 Å². The molecule has 0 atom stereocenters. The lowest BCUT2D eigenvalue weighted by molar-refractivity contribution is -0.117. The second-order valence-electron chi connectivity index (χ2n) is 9.21. The molecule has 4 aromatic rings. The van der Waals surface area contributed by atoms with Crippen molar-refractivity contribution >= 4 is 17.8 Å². The van der Waals surface area contributed by atoms with Gasteiger partial charge < -0.3 is 9.64 Å². The van der Waals surface area contributed by atoms with E-state index in [-0.39, 0.29) is 24.2 Å². The quantitative estimate of drug-likeness (QED) is 0.327. The molecule has 1 fully saturated rings. The van der Waals surface area contributed by atoms with Crippen molar-refractivity contribution in [3.8, 4) is 22.7 Å². The van der Waals surface area contributed by atoms with E-state index in [4.69, 9.17) is 4.74 Å². The smallest absolute Gasteiger partial charge is 0.254 e. The van der Waals surface area contributed by atoms with Crippen LogP contribution in [0.2, 0.25) is 0 Å². The molecule has 1 aliphatic rings. The zero-order valence-corrected chi connectivity index (χ0v) is 20.7. The normalized spacial score (nSPS) is 12.7. The second kappa shape index (κ2) is 10.8. The predicted molar refractivity (Wildman–Crippen MR) is 139 cm³/mol. The van der Waals surface area contributed by atoms with Crippen LogP contribution in [0, 0.1) is 17.6 Å². The number of carbonyl (C=O) groups is 2. The Kier molecular flexibility index (Phi) is 7.17. The van der Waals surface area contributed by atoms with Gasteiger partial charge in [0.25, 0.3) is 5.91 Å². The number of amides is 2. The van der Waals surface area contributed by atoms with Crippen LogP contribution < -0.4 is 10.1 Å². The van der Waals surface area contributed by atoms with Crippen molar-refractivity contribution in [3.05, 3.63) is 96.2 Å². The number of methoxy groups -OCH3 is 1. The minimum atomic E-state index is -0.437. The first-order chi connectivity index (χ1) is 18.4. The summed E-state index contributed by atoms with van der Waals surface area (Å²) in [6.45, 7) is 0.244. The standard InChI is InChI=1S/C29H26F2N4O3/c1-38-25-14-6-20(7-15-25)26-17-35(24-12-10-23(31)11-13-24)29(32-26)33-27(36)18-34(16-19-2-3-19)28(37)21-4-8-22(30)9-5-21/h4-15,17,19H,2-3,16,18H2,1H3,(H,32,33,36). The average molecular weight is 517 g/mol. The van der Waals surface area contributed by atoms with Crippen LogP contribution in [0.3, 0.4) is 0 Å². The maximum atomic E-state index is 13.6. The van der Waals surface area contributed by atoms with Gasteiger partial charge in [0, 0.05) is 29.6 Å². The van der Waals surface area contributed by atoms with Gasteiger partial charge in [0.2, 0.25) is 11.9 Å². The van der Waals surface area contributed by atoms with E-state index in [0.29, 0.717) is 35.2 Å². The lowest BCUT2D eigenvalue weighted by Gasteiger charge is -2.22. The SMILES string of the molecule is COc1ccc(-c2cn(-c3ccc(F)cc3)c(NC(=O)CN(CC3CC3)C(=O)c3ccc(F)cc3)n2)cc1. The Balaban J connectivity index is 1.40. The number of benzene rings is 3. The van der Waals surface area contributed by atoms with Gasteiger partial charge in [0.05, 0.1) is 12.8 Å². The van der Waals surface area contributed by atoms with Crippen molar-refractivity contribution in [2.45, 2.75) is 12.8 Å². The van der Waals surface area contributed by atoms with Gasteiger partial charge in [-0.15, -0.1) is 0 Å². The van der Waals surface area contributed by atoms with Crippen LogP contribution in [0.5, 0.6) is 5.75 Å². The third kappa shape index (κ3) is 5.88. The number of rotatable bonds is 9. The van der Waals surface area contributed by atoms with E-state index in [1.165, 1.54) is 41.3 Å². The molecule has 0 saturated heterocycles.